The second kappa shape index (κ2) is 5.23. The summed E-state index contributed by atoms with van der Waals surface area (Å²) in [6, 6.07) is 0. The molecule has 2 heterocycles. The van der Waals surface area contributed by atoms with E-state index in [1.54, 1.807) is 7.11 Å². The Morgan fingerprint density at radius 3 is 2.68 bits per heavy atom. The van der Waals surface area contributed by atoms with E-state index in [-0.39, 0.29) is 5.41 Å². The lowest BCUT2D eigenvalue weighted by Crippen LogP contribution is -2.40. The third-order valence-electron chi connectivity index (χ3n) is 4.33. The molecule has 1 aliphatic rings. The monoisotopic (exact) mass is 267 g/mol. The average molecular weight is 267 g/mol. The Labute approximate surface area is 115 Å². The van der Waals surface area contributed by atoms with Crippen LogP contribution >= 0.6 is 0 Å². The highest BCUT2D eigenvalue weighted by Gasteiger charge is 2.47. The molecule has 19 heavy (non-hydrogen) atoms. The van der Waals surface area contributed by atoms with Crippen molar-refractivity contribution in [3.8, 4) is 0 Å². The van der Waals surface area contributed by atoms with Gasteiger partial charge in [0.15, 0.2) is 0 Å². The molecule has 1 aliphatic heterocycles. The Bertz CT molecular complexity index is 410. The normalized spacial score (nSPS) is 27.0. The SMILES string of the molecule is COCCn1cncc1CN1CC(C)(C)[C@](C)(O)C1. The van der Waals surface area contributed by atoms with Crippen LogP contribution in [0, 0.1) is 5.41 Å². The highest BCUT2D eigenvalue weighted by atomic mass is 16.5. The zero-order valence-corrected chi connectivity index (χ0v) is 12.4. The fourth-order valence-corrected chi connectivity index (χ4v) is 2.65. The molecule has 5 nitrogen and oxygen atoms in total. The van der Waals surface area contributed by atoms with Crippen molar-refractivity contribution < 1.29 is 9.84 Å². The van der Waals surface area contributed by atoms with E-state index in [9.17, 15) is 5.11 Å². The molecule has 108 valence electrons. The maximum Gasteiger partial charge on any atom is 0.0949 e. The molecule has 0 aliphatic carbocycles. The van der Waals surface area contributed by atoms with Gasteiger partial charge in [-0.2, -0.15) is 0 Å². The van der Waals surface area contributed by atoms with E-state index in [1.807, 2.05) is 19.4 Å². The van der Waals surface area contributed by atoms with E-state index in [2.05, 4.69) is 28.3 Å². The molecule has 0 bridgehead atoms. The van der Waals surface area contributed by atoms with Gasteiger partial charge in [0.05, 0.1) is 24.2 Å². The maximum atomic E-state index is 10.4. The second-order valence-electron chi connectivity index (χ2n) is 6.37. The van der Waals surface area contributed by atoms with Crippen molar-refractivity contribution in [2.45, 2.75) is 39.5 Å². The van der Waals surface area contributed by atoms with Gasteiger partial charge >= 0.3 is 0 Å². The third kappa shape index (κ3) is 2.99. The van der Waals surface area contributed by atoms with Gasteiger partial charge in [0, 0.05) is 44.9 Å². The molecule has 1 aromatic rings. The molecule has 0 aromatic carbocycles. The van der Waals surface area contributed by atoms with Gasteiger partial charge in [0.2, 0.25) is 0 Å². The van der Waals surface area contributed by atoms with Gasteiger partial charge in [0.25, 0.3) is 0 Å². The molecule has 1 atom stereocenters. The summed E-state index contributed by atoms with van der Waals surface area (Å²) in [6.07, 6.45) is 3.74. The number of likely N-dealkylation sites (tertiary alicyclic amines) is 1. The zero-order chi connectivity index (χ0) is 14.1. The van der Waals surface area contributed by atoms with Crippen LogP contribution in [0.4, 0.5) is 0 Å². The van der Waals surface area contributed by atoms with Crippen LogP contribution in [-0.4, -0.2) is 52.0 Å². The molecule has 1 N–H and O–H groups in total. The van der Waals surface area contributed by atoms with Gasteiger partial charge in [-0.15, -0.1) is 0 Å². The first kappa shape index (κ1) is 14.5. The Balaban J connectivity index is 2.01. The number of rotatable bonds is 5. The van der Waals surface area contributed by atoms with Crippen molar-refractivity contribution in [1.82, 2.24) is 14.5 Å². The summed E-state index contributed by atoms with van der Waals surface area (Å²) in [7, 11) is 1.71. The molecule has 0 saturated carbocycles. The van der Waals surface area contributed by atoms with Crippen LogP contribution in [0.1, 0.15) is 26.5 Å². The molecule has 0 spiro atoms. The number of ether oxygens (including phenoxy) is 1. The Morgan fingerprint density at radius 2 is 2.11 bits per heavy atom. The van der Waals surface area contributed by atoms with E-state index in [0.717, 1.165) is 19.6 Å². The third-order valence-corrected chi connectivity index (χ3v) is 4.33. The Morgan fingerprint density at radius 1 is 1.37 bits per heavy atom. The minimum absolute atomic E-state index is 0.0790. The number of aromatic nitrogens is 2. The Kier molecular flexibility index (Phi) is 3.99. The summed E-state index contributed by atoms with van der Waals surface area (Å²) in [5, 5.41) is 10.4. The van der Waals surface area contributed by atoms with Gasteiger partial charge < -0.3 is 14.4 Å². The van der Waals surface area contributed by atoms with Crippen LogP contribution in [0.3, 0.4) is 0 Å². The molecule has 0 amide bonds. The van der Waals surface area contributed by atoms with Gasteiger partial charge in [-0.3, -0.25) is 4.90 Å². The van der Waals surface area contributed by atoms with Crippen molar-refractivity contribution in [2.75, 3.05) is 26.8 Å². The predicted molar refractivity (Wildman–Crippen MR) is 73.8 cm³/mol. The van der Waals surface area contributed by atoms with Crippen LogP contribution < -0.4 is 0 Å². The van der Waals surface area contributed by atoms with Crippen LogP contribution in [0.2, 0.25) is 0 Å². The highest BCUT2D eigenvalue weighted by Crippen LogP contribution is 2.38. The first-order valence-electron chi connectivity index (χ1n) is 6.78. The van der Waals surface area contributed by atoms with E-state index < -0.39 is 5.60 Å². The van der Waals surface area contributed by atoms with E-state index >= 15 is 0 Å². The highest BCUT2D eigenvalue weighted by molar-refractivity contribution is 5.05. The number of aliphatic hydroxyl groups is 1. The quantitative estimate of drug-likeness (QED) is 0.868. The standard InChI is InChI=1S/C14H25N3O2/c1-13(2)9-16(10-14(13,3)18)8-12-7-15-11-17(12)5-6-19-4/h7,11,18H,5-6,8-10H2,1-4H3/t14-/m1/s1. The van der Waals surface area contributed by atoms with Crippen molar-refractivity contribution in [1.29, 1.82) is 0 Å². The number of hydrogen-bond donors (Lipinski definition) is 1. The summed E-state index contributed by atoms with van der Waals surface area (Å²) in [5.74, 6) is 0. The molecular weight excluding hydrogens is 242 g/mol. The van der Waals surface area contributed by atoms with Crippen molar-refractivity contribution in [2.24, 2.45) is 5.41 Å². The van der Waals surface area contributed by atoms with Gasteiger partial charge in [-0.1, -0.05) is 13.8 Å². The van der Waals surface area contributed by atoms with Gasteiger partial charge in [0.1, 0.15) is 0 Å². The Hall–Kier alpha value is -0.910. The molecule has 5 heteroatoms. The molecule has 1 fully saturated rings. The summed E-state index contributed by atoms with van der Waals surface area (Å²) in [4.78, 5) is 6.50. The molecule has 0 radical (unpaired) electrons. The van der Waals surface area contributed by atoms with E-state index in [0.29, 0.717) is 13.2 Å². The maximum absolute atomic E-state index is 10.4. The summed E-state index contributed by atoms with van der Waals surface area (Å²) in [5.41, 5.74) is 0.458. The van der Waals surface area contributed by atoms with E-state index in [4.69, 9.17) is 4.74 Å². The smallest absolute Gasteiger partial charge is 0.0949 e. The van der Waals surface area contributed by atoms with Crippen LogP contribution in [0.25, 0.3) is 0 Å². The minimum atomic E-state index is -0.635. The van der Waals surface area contributed by atoms with Crippen molar-refractivity contribution >= 4 is 0 Å². The second-order valence-corrected chi connectivity index (χ2v) is 6.37. The van der Waals surface area contributed by atoms with Gasteiger partial charge in [-0.25, -0.2) is 4.98 Å². The lowest BCUT2D eigenvalue weighted by atomic mass is 9.79. The number of hydrogen-bond acceptors (Lipinski definition) is 4. The van der Waals surface area contributed by atoms with Gasteiger partial charge in [-0.05, 0) is 6.92 Å². The number of nitrogens with zero attached hydrogens (tertiary/aromatic N) is 3. The first-order chi connectivity index (χ1) is 8.86. The van der Waals surface area contributed by atoms with Crippen molar-refractivity contribution in [3.63, 3.8) is 0 Å². The van der Waals surface area contributed by atoms with Crippen molar-refractivity contribution in [3.05, 3.63) is 18.2 Å². The fourth-order valence-electron chi connectivity index (χ4n) is 2.65. The summed E-state index contributed by atoms with van der Waals surface area (Å²) < 4.78 is 7.22. The molecule has 1 saturated heterocycles. The molecule has 0 unspecified atom stereocenters. The molecular formula is C14H25N3O2. The molecule has 2 rings (SSSR count). The lowest BCUT2D eigenvalue weighted by molar-refractivity contribution is -0.0111. The number of imidazole rings is 1. The minimum Gasteiger partial charge on any atom is -0.388 e. The molecule has 1 aromatic heterocycles. The zero-order valence-electron chi connectivity index (χ0n) is 12.4. The number of methoxy groups -OCH3 is 1. The largest absolute Gasteiger partial charge is 0.388 e. The first-order valence-corrected chi connectivity index (χ1v) is 6.78. The topological polar surface area (TPSA) is 50.5 Å². The van der Waals surface area contributed by atoms with Crippen LogP contribution in [-0.2, 0) is 17.8 Å². The van der Waals surface area contributed by atoms with Crippen LogP contribution in [0.5, 0.6) is 0 Å². The fraction of sp³-hybridized carbons (Fsp3) is 0.786. The summed E-state index contributed by atoms with van der Waals surface area (Å²) >= 11 is 0. The number of β-amino-alcohol motifs (C(OH)–C–C–N with tert-alkyl or cyclic N) is 1. The van der Waals surface area contributed by atoms with E-state index in [1.165, 1.54) is 5.69 Å². The lowest BCUT2D eigenvalue weighted by Gasteiger charge is -2.31. The predicted octanol–water partition coefficient (Wildman–Crippen LogP) is 1.12. The van der Waals surface area contributed by atoms with Crippen LogP contribution in [0.15, 0.2) is 12.5 Å². The average Bonchev–Trinajstić information content (AvgIpc) is 2.79. The summed E-state index contributed by atoms with van der Waals surface area (Å²) in [6.45, 7) is 10.1.